The highest BCUT2D eigenvalue weighted by Crippen LogP contribution is 2.32. The van der Waals surface area contributed by atoms with Crippen LogP contribution in [-0.2, 0) is 17.8 Å². The summed E-state index contributed by atoms with van der Waals surface area (Å²) in [5, 5.41) is 2.80. The number of hydrogen-bond donors (Lipinski definition) is 1. The summed E-state index contributed by atoms with van der Waals surface area (Å²) < 4.78 is 15.6. The van der Waals surface area contributed by atoms with Crippen molar-refractivity contribution in [2.45, 2.75) is 13.0 Å². The zero-order chi connectivity index (χ0) is 13.1. The summed E-state index contributed by atoms with van der Waals surface area (Å²) in [4.78, 5) is 11.8. The van der Waals surface area contributed by atoms with E-state index < -0.39 is 0 Å². The number of ether oxygens (including phenoxy) is 2. The number of hydrogen-bond acceptors (Lipinski definition) is 4. The fraction of sp³-hybridized carbons (Fsp3) is 0.214. The monoisotopic (exact) mass is 259 g/mol. The molecule has 0 atom stereocenters. The maximum Gasteiger partial charge on any atom is 0.231 e. The normalized spacial score (nSPS) is 12.4. The van der Waals surface area contributed by atoms with Gasteiger partial charge in [0.25, 0.3) is 0 Å². The highest BCUT2D eigenvalue weighted by atomic mass is 16.7. The third kappa shape index (κ3) is 2.70. The van der Waals surface area contributed by atoms with Gasteiger partial charge in [-0.2, -0.15) is 0 Å². The van der Waals surface area contributed by atoms with Crippen molar-refractivity contribution in [2.24, 2.45) is 0 Å². The fourth-order valence-corrected chi connectivity index (χ4v) is 1.90. The quantitative estimate of drug-likeness (QED) is 0.910. The van der Waals surface area contributed by atoms with Gasteiger partial charge in [-0.1, -0.05) is 6.07 Å². The molecule has 3 rings (SSSR count). The highest BCUT2D eigenvalue weighted by Gasteiger charge is 2.14. The van der Waals surface area contributed by atoms with E-state index in [1.807, 2.05) is 24.3 Å². The predicted molar refractivity (Wildman–Crippen MR) is 66.8 cm³/mol. The van der Waals surface area contributed by atoms with E-state index in [0.717, 1.165) is 17.1 Å². The first-order valence-corrected chi connectivity index (χ1v) is 5.99. The summed E-state index contributed by atoms with van der Waals surface area (Å²) in [5.74, 6) is 2.09. The van der Waals surface area contributed by atoms with Crippen LogP contribution in [0.4, 0.5) is 0 Å². The standard InChI is InChI=1S/C14H13NO4/c16-14(15-8-11-2-1-5-17-11)7-10-3-4-12-13(6-10)19-9-18-12/h1-6H,7-9H2,(H,15,16). The third-order valence-corrected chi connectivity index (χ3v) is 2.84. The van der Waals surface area contributed by atoms with Crippen LogP contribution in [0.25, 0.3) is 0 Å². The zero-order valence-electron chi connectivity index (χ0n) is 10.2. The Bertz CT molecular complexity index is 577. The number of amides is 1. The topological polar surface area (TPSA) is 60.7 Å². The van der Waals surface area contributed by atoms with E-state index in [4.69, 9.17) is 13.9 Å². The van der Waals surface area contributed by atoms with E-state index in [-0.39, 0.29) is 12.7 Å². The van der Waals surface area contributed by atoms with E-state index in [0.29, 0.717) is 18.7 Å². The minimum atomic E-state index is -0.0599. The van der Waals surface area contributed by atoms with Gasteiger partial charge in [0.15, 0.2) is 11.5 Å². The van der Waals surface area contributed by atoms with Crippen molar-refractivity contribution in [1.29, 1.82) is 0 Å². The Morgan fingerprint density at radius 3 is 2.95 bits per heavy atom. The molecule has 0 spiro atoms. The molecule has 0 fully saturated rings. The molecule has 5 nitrogen and oxygen atoms in total. The van der Waals surface area contributed by atoms with E-state index >= 15 is 0 Å². The summed E-state index contributed by atoms with van der Waals surface area (Å²) in [6.07, 6.45) is 1.89. The Balaban J connectivity index is 1.57. The predicted octanol–water partition coefficient (Wildman–Crippen LogP) is 1.87. The molecule has 0 aliphatic carbocycles. The van der Waals surface area contributed by atoms with Crippen LogP contribution in [0, 0.1) is 0 Å². The number of rotatable bonds is 4. The molecule has 0 saturated heterocycles. The van der Waals surface area contributed by atoms with Crippen LogP contribution in [0.5, 0.6) is 11.5 Å². The second kappa shape index (κ2) is 5.06. The summed E-state index contributed by atoms with van der Waals surface area (Å²) in [6.45, 7) is 0.639. The SMILES string of the molecule is O=C(Cc1ccc2c(c1)OCO2)NCc1ccco1. The van der Waals surface area contributed by atoms with Crippen molar-refractivity contribution in [1.82, 2.24) is 5.32 Å². The molecule has 0 unspecified atom stereocenters. The van der Waals surface area contributed by atoms with Gasteiger partial charge in [0.1, 0.15) is 5.76 Å². The maximum atomic E-state index is 11.8. The van der Waals surface area contributed by atoms with E-state index in [1.165, 1.54) is 0 Å². The average Bonchev–Trinajstić information content (AvgIpc) is 3.07. The third-order valence-electron chi connectivity index (χ3n) is 2.84. The van der Waals surface area contributed by atoms with Gasteiger partial charge in [0.2, 0.25) is 12.7 Å². The highest BCUT2D eigenvalue weighted by molar-refractivity contribution is 5.78. The molecule has 2 aromatic rings. The molecule has 1 aromatic heterocycles. The van der Waals surface area contributed by atoms with Crippen molar-refractivity contribution in [3.8, 4) is 11.5 Å². The van der Waals surface area contributed by atoms with Crippen LogP contribution in [0.15, 0.2) is 41.0 Å². The lowest BCUT2D eigenvalue weighted by molar-refractivity contribution is -0.120. The van der Waals surface area contributed by atoms with Crippen LogP contribution in [0.2, 0.25) is 0 Å². The molecule has 1 aliphatic heterocycles. The first kappa shape index (κ1) is 11.6. The van der Waals surface area contributed by atoms with Crippen molar-refractivity contribution >= 4 is 5.91 Å². The van der Waals surface area contributed by atoms with Gasteiger partial charge in [-0.25, -0.2) is 0 Å². The molecule has 1 aromatic carbocycles. The summed E-state index contributed by atoms with van der Waals surface area (Å²) in [5.41, 5.74) is 0.890. The molecular formula is C14H13NO4. The van der Waals surface area contributed by atoms with Gasteiger partial charge < -0.3 is 19.2 Å². The lowest BCUT2D eigenvalue weighted by Gasteiger charge is -2.04. The molecular weight excluding hydrogens is 246 g/mol. The first-order valence-electron chi connectivity index (χ1n) is 5.99. The van der Waals surface area contributed by atoms with Gasteiger partial charge in [-0.05, 0) is 29.8 Å². The van der Waals surface area contributed by atoms with Crippen molar-refractivity contribution in [3.05, 3.63) is 47.9 Å². The second-order valence-electron chi connectivity index (χ2n) is 4.22. The molecule has 0 saturated carbocycles. The summed E-state index contributed by atoms with van der Waals surface area (Å²) in [7, 11) is 0. The smallest absolute Gasteiger partial charge is 0.231 e. The van der Waals surface area contributed by atoms with Gasteiger partial charge in [-0.3, -0.25) is 4.79 Å². The Hall–Kier alpha value is -2.43. The molecule has 1 aliphatic rings. The van der Waals surface area contributed by atoms with Gasteiger partial charge in [0, 0.05) is 0 Å². The minimum Gasteiger partial charge on any atom is -0.467 e. The molecule has 19 heavy (non-hydrogen) atoms. The summed E-state index contributed by atoms with van der Waals surface area (Å²) >= 11 is 0. The van der Waals surface area contributed by atoms with E-state index in [1.54, 1.807) is 12.3 Å². The molecule has 1 amide bonds. The lowest BCUT2D eigenvalue weighted by Crippen LogP contribution is -2.24. The maximum absolute atomic E-state index is 11.8. The number of fused-ring (bicyclic) bond motifs is 1. The molecule has 0 bridgehead atoms. The van der Waals surface area contributed by atoms with Crippen molar-refractivity contribution in [2.75, 3.05) is 6.79 Å². The van der Waals surface area contributed by atoms with Gasteiger partial charge >= 0.3 is 0 Å². The lowest BCUT2D eigenvalue weighted by atomic mass is 10.1. The van der Waals surface area contributed by atoms with Crippen LogP contribution >= 0.6 is 0 Å². The van der Waals surface area contributed by atoms with Crippen LogP contribution < -0.4 is 14.8 Å². The van der Waals surface area contributed by atoms with Crippen LogP contribution in [0.3, 0.4) is 0 Å². The van der Waals surface area contributed by atoms with Crippen molar-refractivity contribution < 1.29 is 18.7 Å². The Morgan fingerprint density at radius 2 is 2.11 bits per heavy atom. The van der Waals surface area contributed by atoms with E-state index in [9.17, 15) is 4.79 Å². The minimum absolute atomic E-state index is 0.0599. The van der Waals surface area contributed by atoms with E-state index in [2.05, 4.69) is 5.32 Å². The number of carbonyl (C=O) groups is 1. The van der Waals surface area contributed by atoms with Crippen LogP contribution in [-0.4, -0.2) is 12.7 Å². The zero-order valence-corrected chi connectivity index (χ0v) is 10.2. The fourth-order valence-electron chi connectivity index (χ4n) is 1.90. The molecule has 0 radical (unpaired) electrons. The number of nitrogens with one attached hydrogen (secondary N) is 1. The second-order valence-corrected chi connectivity index (χ2v) is 4.22. The largest absolute Gasteiger partial charge is 0.467 e. The molecule has 1 N–H and O–H groups in total. The van der Waals surface area contributed by atoms with Crippen LogP contribution in [0.1, 0.15) is 11.3 Å². The van der Waals surface area contributed by atoms with Gasteiger partial charge in [-0.15, -0.1) is 0 Å². The molecule has 98 valence electrons. The van der Waals surface area contributed by atoms with Gasteiger partial charge in [0.05, 0.1) is 19.2 Å². The average molecular weight is 259 g/mol. The number of furan rings is 1. The molecule has 5 heteroatoms. The Labute approximate surface area is 110 Å². The summed E-state index contributed by atoms with van der Waals surface area (Å²) in [6, 6.07) is 9.12. The Morgan fingerprint density at radius 1 is 1.21 bits per heavy atom. The first-order chi connectivity index (χ1) is 9.31. The number of carbonyl (C=O) groups excluding carboxylic acids is 1. The number of benzene rings is 1. The Kier molecular flexibility index (Phi) is 3.10. The van der Waals surface area contributed by atoms with Crippen molar-refractivity contribution in [3.63, 3.8) is 0 Å². The molecule has 2 heterocycles.